The third-order valence-corrected chi connectivity index (χ3v) is 8.63. The first kappa shape index (κ1) is 23.9. The molecule has 1 aliphatic heterocycles. The number of rotatable bonds is 8. The van der Waals surface area contributed by atoms with Gasteiger partial charge in [-0.15, -0.1) is 0 Å². The average molecular weight is 456 g/mol. The van der Waals surface area contributed by atoms with Gasteiger partial charge in [0.15, 0.2) is 0 Å². The third-order valence-electron chi connectivity index (χ3n) is 6.55. The number of carbonyl (C=O) groups is 1. The molecule has 1 N–H and O–H groups in total. The first-order valence-electron chi connectivity index (χ1n) is 11.2. The lowest BCUT2D eigenvalue weighted by molar-refractivity contribution is 0.0239. The Morgan fingerprint density at radius 3 is 2.45 bits per heavy atom. The van der Waals surface area contributed by atoms with E-state index in [1.54, 1.807) is 10.4 Å². The van der Waals surface area contributed by atoms with Gasteiger partial charge in [0, 0.05) is 38.3 Å². The number of halogens is 1. The maximum atomic E-state index is 14.3. The zero-order chi connectivity index (χ0) is 22.5. The molecule has 2 fully saturated rings. The van der Waals surface area contributed by atoms with Gasteiger partial charge in [-0.05, 0) is 31.4 Å². The van der Waals surface area contributed by atoms with Crippen LogP contribution in [0.15, 0.2) is 18.2 Å². The van der Waals surface area contributed by atoms with Gasteiger partial charge in [-0.3, -0.25) is 9.69 Å². The number of amides is 1. The fraction of sp³-hybridized carbons (Fsp3) is 0.682. The Morgan fingerprint density at radius 2 is 1.84 bits per heavy atom. The van der Waals surface area contributed by atoms with Crippen molar-refractivity contribution < 1.29 is 22.3 Å². The molecule has 1 aliphatic carbocycles. The van der Waals surface area contributed by atoms with Crippen molar-refractivity contribution in [3.63, 3.8) is 0 Å². The molecular formula is C22H34FN3O4S. The smallest absolute Gasteiger partial charge is 0.258 e. The molecule has 3 rings (SSSR count). The number of carbonyl (C=O) groups excluding carboxylic acids is 1. The lowest BCUT2D eigenvalue weighted by Gasteiger charge is -2.49. The molecule has 0 aromatic heterocycles. The largest absolute Gasteiger partial charge is 0.496 e. The molecule has 174 valence electrons. The van der Waals surface area contributed by atoms with Crippen LogP contribution < -0.4 is 10.1 Å². The van der Waals surface area contributed by atoms with E-state index in [0.717, 1.165) is 32.1 Å². The van der Waals surface area contributed by atoms with E-state index in [1.165, 1.54) is 19.2 Å². The second-order valence-corrected chi connectivity index (χ2v) is 10.6. The summed E-state index contributed by atoms with van der Waals surface area (Å²) in [5, 5.41) is 2.95. The topological polar surface area (TPSA) is 79.0 Å². The molecule has 1 aromatic carbocycles. The van der Waals surface area contributed by atoms with Crippen LogP contribution >= 0.6 is 0 Å². The monoisotopic (exact) mass is 455 g/mol. The lowest BCUT2D eigenvalue weighted by Crippen LogP contribution is -2.62. The Hall–Kier alpha value is -1.71. The van der Waals surface area contributed by atoms with Crippen LogP contribution in [0.2, 0.25) is 0 Å². The van der Waals surface area contributed by atoms with Crippen molar-refractivity contribution >= 4 is 15.9 Å². The summed E-state index contributed by atoms with van der Waals surface area (Å²) in [7, 11) is -1.78. The predicted octanol–water partition coefficient (Wildman–Crippen LogP) is 2.62. The Bertz CT molecular complexity index is 864. The van der Waals surface area contributed by atoms with Gasteiger partial charge in [-0.2, -0.15) is 4.31 Å². The minimum atomic E-state index is -3.20. The number of nitrogens with zero attached hydrogens (tertiary/aromatic N) is 2. The van der Waals surface area contributed by atoms with Crippen molar-refractivity contribution in [3.05, 3.63) is 29.6 Å². The summed E-state index contributed by atoms with van der Waals surface area (Å²) in [5.41, 5.74) is -0.307. The predicted molar refractivity (Wildman–Crippen MR) is 118 cm³/mol. The van der Waals surface area contributed by atoms with Gasteiger partial charge in [0.2, 0.25) is 10.0 Å². The van der Waals surface area contributed by atoms with E-state index >= 15 is 0 Å². The Balaban J connectivity index is 1.70. The number of ether oxygens (including phenoxy) is 1. The molecule has 0 bridgehead atoms. The van der Waals surface area contributed by atoms with E-state index < -0.39 is 21.7 Å². The number of hydrogen-bond acceptors (Lipinski definition) is 5. The second-order valence-electron chi connectivity index (χ2n) is 8.49. The lowest BCUT2D eigenvalue weighted by atomic mass is 9.79. The average Bonchev–Trinajstić information content (AvgIpc) is 2.78. The molecule has 1 amide bonds. The summed E-state index contributed by atoms with van der Waals surface area (Å²) in [6.45, 7) is 4.51. The fourth-order valence-electron chi connectivity index (χ4n) is 4.87. The normalized spacial score (nSPS) is 20.4. The molecule has 1 saturated heterocycles. The van der Waals surface area contributed by atoms with E-state index in [0.29, 0.717) is 39.1 Å². The maximum Gasteiger partial charge on any atom is 0.258 e. The summed E-state index contributed by atoms with van der Waals surface area (Å²) in [6, 6.07) is 4.34. The van der Waals surface area contributed by atoms with E-state index in [4.69, 9.17) is 4.74 Å². The van der Waals surface area contributed by atoms with Gasteiger partial charge >= 0.3 is 0 Å². The quantitative estimate of drug-likeness (QED) is 0.652. The number of piperazine rings is 1. The Labute approximate surface area is 185 Å². The van der Waals surface area contributed by atoms with Gasteiger partial charge in [0.25, 0.3) is 5.91 Å². The second kappa shape index (κ2) is 10.3. The summed E-state index contributed by atoms with van der Waals surface area (Å²) >= 11 is 0. The molecule has 1 heterocycles. The van der Waals surface area contributed by atoms with Crippen LogP contribution in [0.4, 0.5) is 4.39 Å². The highest BCUT2D eigenvalue weighted by atomic mass is 32.2. The number of benzene rings is 1. The maximum absolute atomic E-state index is 14.3. The molecule has 1 saturated carbocycles. The van der Waals surface area contributed by atoms with E-state index in [-0.39, 0.29) is 22.6 Å². The number of hydrogen-bond donors (Lipinski definition) is 1. The van der Waals surface area contributed by atoms with Crippen molar-refractivity contribution in [2.24, 2.45) is 0 Å². The molecule has 0 radical (unpaired) electrons. The Morgan fingerprint density at radius 1 is 1.16 bits per heavy atom. The van der Waals surface area contributed by atoms with Crippen molar-refractivity contribution in [1.29, 1.82) is 0 Å². The standard InChI is InChI=1S/C22H34FN3O4S/c1-3-16-31(28,29)26-14-12-25(13-15-26)22(10-5-4-6-11-22)17-24-21(27)20-18(23)8-7-9-19(20)30-2/h7-9H,3-6,10-17H2,1-2H3,(H,24,27). The molecular weight excluding hydrogens is 421 g/mol. The van der Waals surface area contributed by atoms with Crippen LogP contribution in [0, 0.1) is 5.82 Å². The fourth-order valence-corrected chi connectivity index (χ4v) is 6.36. The van der Waals surface area contributed by atoms with Crippen LogP contribution in [-0.2, 0) is 10.0 Å². The summed E-state index contributed by atoms with van der Waals surface area (Å²) in [5.74, 6) is -0.697. The minimum absolute atomic E-state index is 0.0774. The zero-order valence-electron chi connectivity index (χ0n) is 18.5. The number of methoxy groups -OCH3 is 1. The van der Waals surface area contributed by atoms with E-state index in [1.807, 2.05) is 6.92 Å². The Kier molecular flexibility index (Phi) is 7.93. The van der Waals surface area contributed by atoms with E-state index in [2.05, 4.69) is 10.2 Å². The van der Waals surface area contributed by atoms with Gasteiger partial charge in [0.05, 0.1) is 12.9 Å². The molecule has 0 spiro atoms. The molecule has 9 heteroatoms. The van der Waals surface area contributed by atoms with Crippen LogP contribution in [0.3, 0.4) is 0 Å². The molecule has 7 nitrogen and oxygen atoms in total. The third kappa shape index (κ3) is 5.38. The molecule has 0 unspecified atom stereocenters. The number of sulfonamides is 1. The SMILES string of the molecule is CCCS(=O)(=O)N1CCN(C2(CNC(=O)c3c(F)cccc3OC)CCCCC2)CC1. The van der Waals surface area contributed by atoms with Crippen molar-refractivity contribution in [3.8, 4) is 5.75 Å². The molecule has 31 heavy (non-hydrogen) atoms. The van der Waals surface area contributed by atoms with Crippen molar-refractivity contribution in [2.75, 3.05) is 45.6 Å². The van der Waals surface area contributed by atoms with Crippen molar-refractivity contribution in [2.45, 2.75) is 51.0 Å². The highest BCUT2D eigenvalue weighted by molar-refractivity contribution is 7.89. The first-order chi connectivity index (χ1) is 14.8. The van der Waals surface area contributed by atoms with Gasteiger partial charge in [-0.25, -0.2) is 12.8 Å². The van der Waals surface area contributed by atoms with Crippen molar-refractivity contribution in [1.82, 2.24) is 14.5 Å². The highest BCUT2D eigenvalue weighted by Gasteiger charge is 2.41. The summed E-state index contributed by atoms with van der Waals surface area (Å²) < 4.78 is 45.9. The minimum Gasteiger partial charge on any atom is -0.496 e. The molecule has 2 aliphatic rings. The number of nitrogens with one attached hydrogen (secondary N) is 1. The summed E-state index contributed by atoms with van der Waals surface area (Å²) in [6.07, 6.45) is 5.76. The zero-order valence-corrected chi connectivity index (χ0v) is 19.3. The highest BCUT2D eigenvalue weighted by Crippen LogP contribution is 2.34. The first-order valence-corrected chi connectivity index (χ1v) is 12.8. The van der Waals surface area contributed by atoms with E-state index in [9.17, 15) is 17.6 Å². The van der Waals surface area contributed by atoms with Crippen LogP contribution in [0.5, 0.6) is 5.75 Å². The molecule has 1 aromatic rings. The van der Waals surface area contributed by atoms with Gasteiger partial charge in [0.1, 0.15) is 17.1 Å². The van der Waals surface area contributed by atoms with Crippen LogP contribution in [0.25, 0.3) is 0 Å². The van der Waals surface area contributed by atoms with Crippen LogP contribution in [0.1, 0.15) is 55.8 Å². The molecule has 0 atom stereocenters. The van der Waals surface area contributed by atoms with Gasteiger partial charge < -0.3 is 10.1 Å². The van der Waals surface area contributed by atoms with Crippen LogP contribution in [-0.4, -0.2) is 74.7 Å². The van der Waals surface area contributed by atoms with Gasteiger partial charge in [-0.1, -0.05) is 32.3 Å². The summed E-state index contributed by atoms with van der Waals surface area (Å²) in [4.78, 5) is 15.2.